The molecule has 0 amide bonds. The summed E-state index contributed by atoms with van der Waals surface area (Å²) in [4.78, 5) is 0. The van der Waals surface area contributed by atoms with Gasteiger partial charge in [-0.3, -0.25) is 0 Å². The van der Waals surface area contributed by atoms with Crippen LogP contribution in [-0.4, -0.2) is 13.0 Å². The van der Waals surface area contributed by atoms with Gasteiger partial charge < -0.3 is 8.74 Å². The molecule has 0 radical (unpaired) electrons. The molecule has 0 bridgehead atoms. The van der Waals surface area contributed by atoms with Crippen molar-refractivity contribution >= 4 is 10.4 Å². The van der Waals surface area contributed by atoms with Crippen LogP contribution in [0.3, 0.4) is 0 Å². The van der Waals surface area contributed by atoms with Gasteiger partial charge in [0.05, 0.1) is 0 Å². The second kappa shape index (κ2) is 17.5. The topological polar surface area (TPSA) is 66.4 Å². The fraction of sp³-hybridized carbons (Fsp3) is 0.750. The fourth-order valence-corrected chi connectivity index (χ4v) is 2.36. The summed E-state index contributed by atoms with van der Waals surface area (Å²) in [6, 6.07) is 0. The molecule has 0 aromatic heterocycles. The monoisotopic (exact) mass is 340 g/mol. The normalized spacial score (nSPS) is 11.3. The van der Waals surface area contributed by atoms with Crippen molar-refractivity contribution in [1.82, 2.24) is 0 Å². The van der Waals surface area contributed by atoms with Crippen LogP contribution in [-0.2, 0) is 14.6 Å². The van der Waals surface area contributed by atoms with Gasteiger partial charge in [-0.1, -0.05) is 57.4 Å². The Hall–Kier alpha value is 0.190. The number of hydrogen-bond donors (Lipinski definition) is 0. The van der Waals surface area contributed by atoms with Gasteiger partial charge in [0.1, 0.15) is 6.26 Å². The molecule has 0 fully saturated rings. The van der Waals surface area contributed by atoms with Crippen molar-refractivity contribution in [1.29, 1.82) is 0 Å². The van der Waals surface area contributed by atoms with Gasteiger partial charge in [-0.15, -0.1) is 6.58 Å². The maximum atomic E-state index is 10.1. The zero-order chi connectivity index (χ0) is 15.8. The average molecular weight is 340 g/mol. The van der Waals surface area contributed by atoms with E-state index in [2.05, 4.69) is 10.8 Å². The zero-order valence-corrected chi connectivity index (χ0v) is 16.8. The van der Waals surface area contributed by atoms with Gasteiger partial charge >= 0.3 is 29.6 Å². The SMILES string of the molecule is C=CCCCCCCCCCCCC/C=C/OS(=O)(=O)[O-].[Na+]. The minimum atomic E-state index is -4.58. The van der Waals surface area contributed by atoms with Crippen molar-refractivity contribution in [2.45, 2.75) is 77.0 Å². The molecule has 0 aliphatic rings. The summed E-state index contributed by atoms with van der Waals surface area (Å²) >= 11 is 0. The molecule has 0 aliphatic heterocycles. The first-order chi connectivity index (χ1) is 10.1. The van der Waals surface area contributed by atoms with Crippen LogP contribution in [0.15, 0.2) is 25.0 Å². The molecule has 0 N–H and O–H groups in total. The van der Waals surface area contributed by atoms with Gasteiger partial charge in [0.15, 0.2) is 0 Å². The van der Waals surface area contributed by atoms with Crippen LogP contribution < -0.4 is 29.6 Å². The van der Waals surface area contributed by atoms with Crippen LogP contribution in [0.2, 0.25) is 0 Å². The van der Waals surface area contributed by atoms with Crippen LogP contribution in [0.1, 0.15) is 77.0 Å². The van der Waals surface area contributed by atoms with Crippen molar-refractivity contribution in [3.63, 3.8) is 0 Å². The predicted molar refractivity (Wildman–Crippen MR) is 85.5 cm³/mol. The molecular weight excluding hydrogens is 311 g/mol. The van der Waals surface area contributed by atoms with E-state index in [1.54, 1.807) is 6.08 Å². The standard InChI is InChI=1S/C16H30O4S.Na/c1-2-3-4-5-6-7-8-9-10-11-12-13-14-15-16-20-21(17,18)19;/h2,15-16H,1,3-14H2,(H,17,18,19);/q;+1/p-1/b16-15+;. The Morgan fingerprint density at radius 3 is 1.64 bits per heavy atom. The first kappa shape index (κ1) is 24.4. The van der Waals surface area contributed by atoms with Crippen LogP contribution >= 0.6 is 0 Å². The fourth-order valence-electron chi connectivity index (χ4n) is 2.14. The third-order valence-electron chi connectivity index (χ3n) is 3.30. The number of allylic oxidation sites excluding steroid dienone is 2. The van der Waals surface area contributed by atoms with E-state index in [0.717, 1.165) is 31.9 Å². The summed E-state index contributed by atoms with van der Waals surface area (Å²) in [5.74, 6) is 0. The van der Waals surface area contributed by atoms with Crippen molar-refractivity contribution in [2.24, 2.45) is 0 Å². The smallest absolute Gasteiger partial charge is 0.716 e. The van der Waals surface area contributed by atoms with E-state index in [1.807, 2.05) is 6.08 Å². The first-order valence-electron chi connectivity index (χ1n) is 7.96. The van der Waals surface area contributed by atoms with Crippen molar-refractivity contribution in [3.05, 3.63) is 25.0 Å². The summed E-state index contributed by atoms with van der Waals surface area (Å²) in [5.41, 5.74) is 0. The third-order valence-corrected chi connectivity index (χ3v) is 3.65. The molecule has 0 aromatic rings. The molecule has 0 unspecified atom stereocenters. The maximum Gasteiger partial charge on any atom is 1.00 e. The van der Waals surface area contributed by atoms with Gasteiger partial charge in [-0.05, 0) is 31.8 Å². The molecule has 0 aromatic carbocycles. The van der Waals surface area contributed by atoms with Crippen molar-refractivity contribution in [2.75, 3.05) is 0 Å². The van der Waals surface area contributed by atoms with Gasteiger partial charge in [0.2, 0.25) is 0 Å². The Morgan fingerprint density at radius 2 is 1.23 bits per heavy atom. The van der Waals surface area contributed by atoms with E-state index in [4.69, 9.17) is 0 Å². The summed E-state index contributed by atoms with van der Waals surface area (Å²) in [5, 5.41) is 0. The second-order valence-corrected chi connectivity index (χ2v) is 6.29. The summed E-state index contributed by atoms with van der Waals surface area (Å²) < 4.78 is 34.4. The summed E-state index contributed by atoms with van der Waals surface area (Å²) in [6.45, 7) is 3.72. The van der Waals surface area contributed by atoms with E-state index in [0.29, 0.717) is 0 Å². The first-order valence-corrected chi connectivity index (χ1v) is 9.29. The van der Waals surface area contributed by atoms with Crippen LogP contribution in [0.5, 0.6) is 0 Å². The Kier molecular flexibility index (Phi) is 19.5. The molecule has 0 aliphatic carbocycles. The molecular formula is C16H29NaO4S. The molecule has 6 heteroatoms. The molecule has 0 heterocycles. The molecule has 0 spiro atoms. The Labute approximate surface area is 158 Å². The van der Waals surface area contributed by atoms with Crippen LogP contribution in [0, 0.1) is 0 Å². The van der Waals surface area contributed by atoms with Crippen LogP contribution in [0.4, 0.5) is 0 Å². The summed E-state index contributed by atoms with van der Waals surface area (Å²) in [6.07, 6.45) is 18.9. The average Bonchev–Trinajstić information content (AvgIpc) is 2.42. The van der Waals surface area contributed by atoms with E-state index in [1.165, 1.54) is 51.4 Å². The van der Waals surface area contributed by atoms with Gasteiger partial charge in [0.25, 0.3) is 10.4 Å². The van der Waals surface area contributed by atoms with Gasteiger partial charge in [0, 0.05) is 0 Å². The van der Waals surface area contributed by atoms with E-state index < -0.39 is 10.4 Å². The quantitative estimate of drug-likeness (QED) is 0.114. The molecule has 0 saturated carbocycles. The number of unbranched alkanes of at least 4 members (excludes halogenated alkanes) is 11. The maximum absolute atomic E-state index is 10.1. The Balaban J connectivity index is 0. The largest absolute Gasteiger partial charge is 1.00 e. The summed E-state index contributed by atoms with van der Waals surface area (Å²) in [7, 11) is -4.58. The predicted octanol–water partition coefficient (Wildman–Crippen LogP) is 1.85. The zero-order valence-electron chi connectivity index (χ0n) is 14.0. The van der Waals surface area contributed by atoms with Crippen LogP contribution in [0.25, 0.3) is 0 Å². The minimum absolute atomic E-state index is 0. The Bertz CT molecular complexity index is 366. The Morgan fingerprint density at radius 1 is 0.818 bits per heavy atom. The van der Waals surface area contributed by atoms with Crippen molar-refractivity contribution in [3.8, 4) is 0 Å². The van der Waals surface area contributed by atoms with E-state index in [-0.39, 0.29) is 29.6 Å². The molecule has 22 heavy (non-hydrogen) atoms. The second-order valence-electron chi connectivity index (χ2n) is 5.28. The molecule has 124 valence electrons. The molecule has 4 nitrogen and oxygen atoms in total. The third kappa shape index (κ3) is 22.5. The molecule has 0 atom stereocenters. The van der Waals surface area contributed by atoms with E-state index >= 15 is 0 Å². The molecule has 0 saturated heterocycles. The van der Waals surface area contributed by atoms with Gasteiger partial charge in [-0.25, -0.2) is 8.42 Å². The minimum Gasteiger partial charge on any atom is -0.716 e. The number of hydrogen-bond acceptors (Lipinski definition) is 4. The number of rotatable bonds is 15. The molecule has 0 rings (SSSR count). The van der Waals surface area contributed by atoms with Crippen molar-refractivity contribution < 1.29 is 46.7 Å². The van der Waals surface area contributed by atoms with Gasteiger partial charge in [-0.2, -0.15) is 0 Å². The van der Waals surface area contributed by atoms with E-state index in [9.17, 15) is 13.0 Å².